The summed E-state index contributed by atoms with van der Waals surface area (Å²) in [6.45, 7) is 3.52. The van der Waals surface area contributed by atoms with E-state index in [1.807, 2.05) is 4.31 Å². The minimum Gasteiger partial charge on any atom is -0.366 e. The van der Waals surface area contributed by atoms with Gasteiger partial charge in [0.05, 0.1) is 22.6 Å². The number of nitrogens with one attached hydrogen (secondary N) is 1. The van der Waals surface area contributed by atoms with E-state index in [0.29, 0.717) is 51.8 Å². The van der Waals surface area contributed by atoms with Crippen molar-refractivity contribution in [3.05, 3.63) is 29.6 Å². The Morgan fingerprint density at radius 2 is 1.94 bits per heavy atom. The molecule has 4 heterocycles. The number of benzene rings is 1. The zero-order valence-corrected chi connectivity index (χ0v) is 17.8. The second kappa shape index (κ2) is 7.77. The quantitative estimate of drug-likeness (QED) is 0.526. The molecule has 12 heteroatoms. The number of carbonyl (C=O) groups excluding carboxylic acids is 2. The molecule has 0 aromatic heterocycles. The molecule has 0 bridgehead atoms. The summed E-state index contributed by atoms with van der Waals surface area (Å²) in [5.41, 5.74) is -1.05. The number of morpholine rings is 1. The first-order chi connectivity index (χ1) is 15.1. The highest BCUT2D eigenvalue weighted by Crippen LogP contribution is 2.45. The molecule has 2 atom stereocenters. The van der Waals surface area contributed by atoms with Crippen molar-refractivity contribution in [2.45, 2.75) is 29.6 Å². The summed E-state index contributed by atoms with van der Waals surface area (Å²) in [4.78, 5) is 28.0. The van der Waals surface area contributed by atoms with Crippen molar-refractivity contribution in [2.24, 2.45) is 5.41 Å². The number of amides is 3. The summed E-state index contributed by atoms with van der Waals surface area (Å²) < 4.78 is 59.5. The Labute approximate surface area is 186 Å². The van der Waals surface area contributed by atoms with Gasteiger partial charge in [0, 0.05) is 44.7 Å². The highest BCUT2D eigenvalue weighted by Gasteiger charge is 2.54. The van der Waals surface area contributed by atoms with E-state index in [0.717, 1.165) is 24.1 Å². The van der Waals surface area contributed by atoms with Crippen molar-refractivity contribution in [3.8, 4) is 0 Å². The molecule has 32 heavy (non-hydrogen) atoms. The molecular weight excluding hydrogens is 452 g/mol. The highest BCUT2D eigenvalue weighted by molar-refractivity contribution is 7.97. The lowest BCUT2D eigenvalue weighted by molar-refractivity contribution is -0.140. The molecule has 4 aliphatic heterocycles. The molecule has 0 saturated carbocycles. The summed E-state index contributed by atoms with van der Waals surface area (Å²) in [7, 11) is 0. The van der Waals surface area contributed by atoms with Crippen molar-refractivity contribution >= 4 is 23.9 Å². The molecule has 0 unspecified atom stereocenters. The summed E-state index contributed by atoms with van der Waals surface area (Å²) in [6.07, 6.45) is -3.95. The molecule has 1 aromatic rings. The molecule has 4 saturated heterocycles. The number of rotatable bonds is 2. The highest BCUT2D eigenvalue weighted by atomic mass is 32.2. The Kier molecular flexibility index (Phi) is 5.29. The number of nitrogens with zero attached hydrogens (tertiary/aromatic N) is 3. The third-order valence-electron chi connectivity index (χ3n) is 6.43. The van der Waals surface area contributed by atoms with E-state index < -0.39 is 17.6 Å². The standard InChI is InChI=1S/C20H22F4N4O3S/c21-13-5-12(20(22,23)24)1-2-16(13)32-28-10-19(11-28)8-27(9-19)18(30)26-4-3-15-14(6-26)25-17(29)7-31-15/h1-2,5,14-15H,3-4,6-11H2,(H,25,29)/t14-,15+/m1/s1. The molecule has 4 fully saturated rings. The minimum atomic E-state index is -4.57. The number of likely N-dealkylation sites (tertiary alicyclic amines) is 2. The summed E-state index contributed by atoms with van der Waals surface area (Å²) in [5.74, 6) is -1.06. The minimum absolute atomic E-state index is 0.0501. The third-order valence-corrected chi connectivity index (χ3v) is 7.47. The fourth-order valence-corrected chi connectivity index (χ4v) is 6.06. The van der Waals surface area contributed by atoms with E-state index >= 15 is 0 Å². The number of hydrogen-bond donors (Lipinski definition) is 1. The number of piperidine rings is 1. The van der Waals surface area contributed by atoms with Gasteiger partial charge in [-0.05, 0) is 36.6 Å². The normalized spacial score (nSPS) is 27.4. The number of hydrogen-bond acceptors (Lipinski definition) is 5. The predicted molar refractivity (Wildman–Crippen MR) is 106 cm³/mol. The third kappa shape index (κ3) is 4.03. The fourth-order valence-electron chi connectivity index (χ4n) is 4.83. The largest absolute Gasteiger partial charge is 0.416 e. The average Bonchev–Trinajstić information content (AvgIpc) is 2.68. The van der Waals surface area contributed by atoms with Gasteiger partial charge in [-0.3, -0.25) is 4.79 Å². The van der Waals surface area contributed by atoms with Crippen LogP contribution in [0.4, 0.5) is 22.4 Å². The number of halogens is 4. The van der Waals surface area contributed by atoms with Crippen molar-refractivity contribution in [2.75, 3.05) is 45.9 Å². The van der Waals surface area contributed by atoms with Crippen LogP contribution in [0.3, 0.4) is 0 Å². The maximum atomic E-state index is 14.1. The van der Waals surface area contributed by atoms with E-state index in [2.05, 4.69) is 5.32 Å². The Morgan fingerprint density at radius 3 is 2.62 bits per heavy atom. The first kappa shape index (κ1) is 21.8. The van der Waals surface area contributed by atoms with Crippen LogP contribution in [0.2, 0.25) is 0 Å². The number of urea groups is 1. The van der Waals surface area contributed by atoms with Crippen LogP contribution in [0.1, 0.15) is 12.0 Å². The first-order valence-electron chi connectivity index (χ1n) is 10.4. The van der Waals surface area contributed by atoms with Crippen molar-refractivity contribution in [3.63, 3.8) is 0 Å². The van der Waals surface area contributed by atoms with Crippen LogP contribution in [0.15, 0.2) is 23.1 Å². The van der Waals surface area contributed by atoms with Crippen LogP contribution in [-0.2, 0) is 15.7 Å². The van der Waals surface area contributed by atoms with Gasteiger partial charge in [0.15, 0.2) is 0 Å². The SMILES string of the molecule is O=C1CO[C@H]2CCN(C(=O)N3CC4(CN(Sc5ccc(C(F)(F)F)cc5F)C4)C3)C[C@H]2N1. The molecule has 5 rings (SSSR count). The molecule has 0 aliphatic carbocycles. The van der Waals surface area contributed by atoms with Crippen LogP contribution >= 0.6 is 11.9 Å². The molecule has 7 nitrogen and oxygen atoms in total. The van der Waals surface area contributed by atoms with Crippen LogP contribution < -0.4 is 5.32 Å². The van der Waals surface area contributed by atoms with E-state index in [1.165, 1.54) is 0 Å². The molecule has 0 radical (unpaired) electrons. The van der Waals surface area contributed by atoms with Crippen LogP contribution in [0.5, 0.6) is 0 Å². The van der Waals surface area contributed by atoms with Gasteiger partial charge in [-0.1, -0.05) is 0 Å². The summed E-state index contributed by atoms with van der Waals surface area (Å²) in [6, 6.07) is 2.31. The van der Waals surface area contributed by atoms with E-state index in [-0.39, 0.29) is 41.0 Å². The van der Waals surface area contributed by atoms with Crippen molar-refractivity contribution in [1.82, 2.24) is 19.4 Å². The molecule has 1 aromatic carbocycles. The lowest BCUT2D eigenvalue weighted by atomic mass is 9.74. The topological polar surface area (TPSA) is 65.1 Å². The van der Waals surface area contributed by atoms with Crippen LogP contribution in [-0.4, -0.2) is 84.1 Å². The maximum Gasteiger partial charge on any atom is 0.416 e. The Bertz CT molecular complexity index is 932. The van der Waals surface area contributed by atoms with Gasteiger partial charge in [0.25, 0.3) is 0 Å². The van der Waals surface area contributed by atoms with Gasteiger partial charge in [-0.2, -0.15) is 13.2 Å². The fraction of sp³-hybridized carbons (Fsp3) is 0.600. The van der Waals surface area contributed by atoms with Gasteiger partial charge in [0.2, 0.25) is 5.91 Å². The maximum absolute atomic E-state index is 14.1. The van der Waals surface area contributed by atoms with Crippen molar-refractivity contribution < 1.29 is 31.9 Å². The number of ether oxygens (including phenoxy) is 1. The second-order valence-electron chi connectivity index (χ2n) is 8.93. The predicted octanol–water partition coefficient (Wildman–Crippen LogP) is 2.18. The molecule has 174 valence electrons. The van der Waals surface area contributed by atoms with Crippen LogP contribution in [0.25, 0.3) is 0 Å². The van der Waals surface area contributed by atoms with Crippen molar-refractivity contribution in [1.29, 1.82) is 0 Å². The summed E-state index contributed by atoms with van der Waals surface area (Å²) >= 11 is 1.10. The molecule has 1 N–H and O–H groups in total. The lowest BCUT2D eigenvalue weighted by Crippen LogP contribution is -2.73. The summed E-state index contributed by atoms with van der Waals surface area (Å²) in [5, 5.41) is 2.88. The number of alkyl halides is 3. The zero-order chi connectivity index (χ0) is 22.7. The number of fused-ring (bicyclic) bond motifs is 1. The Balaban J connectivity index is 1.10. The zero-order valence-electron chi connectivity index (χ0n) is 17.0. The molecular formula is C20H22F4N4O3S. The number of carbonyl (C=O) groups is 2. The Morgan fingerprint density at radius 1 is 1.19 bits per heavy atom. The second-order valence-corrected chi connectivity index (χ2v) is 10.1. The van der Waals surface area contributed by atoms with Crippen LogP contribution in [0, 0.1) is 11.2 Å². The van der Waals surface area contributed by atoms with Gasteiger partial charge >= 0.3 is 12.2 Å². The smallest absolute Gasteiger partial charge is 0.366 e. The monoisotopic (exact) mass is 474 g/mol. The molecule has 1 spiro atoms. The average molecular weight is 474 g/mol. The Hall–Kier alpha value is -2.05. The van der Waals surface area contributed by atoms with Gasteiger partial charge in [0.1, 0.15) is 12.4 Å². The molecule has 3 amide bonds. The molecule has 4 aliphatic rings. The lowest BCUT2D eigenvalue weighted by Gasteiger charge is -2.60. The first-order valence-corrected chi connectivity index (χ1v) is 11.1. The van der Waals surface area contributed by atoms with E-state index in [4.69, 9.17) is 4.74 Å². The van der Waals surface area contributed by atoms with Gasteiger partial charge < -0.3 is 19.9 Å². The van der Waals surface area contributed by atoms with Gasteiger partial charge in [-0.25, -0.2) is 13.5 Å². The van der Waals surface area contributed by atoms with E-state index in [9.17, 15) is 27.2 Å². The van der Waals surface area contributed by atoms with E-state index in [1.54, 1.807) is 9.80 Å². The van der Waals surface area contributed by atoms with Gasteiger partial charge in [-0.15, -0.1) is 0 Å².